The van der Waals surface area contributed by atoms with Crippen molar-refractivity contribution in [3.8, 4) is 0 Å². The third-order valence-electron chi connectivity index (χ3n) is 5.81. The molecule has 230 valence electrons. The second kappa shape index (κ2) is 15.4. The number of carboxylic acid groups (broad SMARTS) is 1. The molecule has 2 amide bonds. The molecular formula is C32H36N6O6. The van der Waals surface area contributed by atoms with E-state index >= 15 is 0 Å². The van der Waals surface area contributed by atoms with E-state index in [0.29, 0.717) is 23.6 Å². The van der Waals surface area contributed by atoms with Crippen molar-refractivity contribution >= 4 is 46.3 Å². The molecule has 0 aliphatic heterocycles. The molecule has 44 heavy (non-hydrogen) atoms. The van der Waals surface area contributed by atoms with Gasteiger partial charge in [-0.25, -0.2) is 9.59 Å². The van der Waals surface area contributed by atoms with Gasteiger partial charge in [0, 0.05) is 30.5 Å². The number of hydrogen-bond donors (Lipinski definition) is 6. The SMILES string of the molecule is CC(C)(C)OC(=O)NCc1ccc(Nc2ccccc2N)cc1.O=C(O)NCc1ccc(Nc2ccccc2[N+](=O)[O-])cc1. The van der Waals surface area contributed by atoms with E-state index in [-0.39, 0.29) is 12.2 Å². The molecule has 12 heteroatoms. The molecule has 0 heterocycles. The normalized spacial score (nSPS) is 10.4. The van der Waals surface area contributed by atoms with Gasteiger partial charge in [0.1, 0.15) is 11.3 Å². The molecule has 0 aliphatic carbocycles. The molecule has 4 aromatic rings. The van der Waals surface area contributed by atoms with Crippen LogP contribution in [0, 0.1) is 10.1 Å². The third kappa shape index (κ3) is 11.2. The predicted octanol–water partition coefficient (Wildman–Crippen LogP) is 7.14. The number of amides is 2. The van der Waals surface area contributed by atoms with E-state index in [1.807, 2.05) is 69.3 Å². The number of nitro benzene ring substituents is 1. The Bertz CT molecular complexity index is 1550. The summed E-state index contributed by atoms with van der Waals surface area (Å²) in [6.07, 6.45) is -1.51. The molecule has 0 saturated heterocycles. The molecule has 0 bridgehead atoms. The number of para-hydroxylation sites is 4. The number of nitrogens with one attached hydrogen (secondary N) is 4. The van der Waals surface area contributed by atoms with Crippen molar-refractivity contribution in [2.75, 3.05) is 16.4 Å². The Labute approximate surface area is 255 Å². The van der Waals surface area contributed by atoms with Crippen molar-refractivity contribution in [3.63, 3.8) is 0 Å². The van der Waals surface area contributed by atoms with Gasteiger partial charge in [0.15, 0.2) is 0 Å². The Morgan fingerprint density at radius 1 is 0.773 bits per heavy atom. The van der Waals surface area contributed by atoms with Gasteiger partial charge in [0.2, 0.25) is 0 Å². The molecule has 0 saturated carbocycles. The van der Waals surface area contributed by atoms with Crippen LogP contribution < -0.4 is 27.0 Å². The first-order valence-corrected chi connectivity index (χ1v) is 13.6. The smallest absolute Gasteiger partial charge is 0.407 e. The number of nitrogens with two attached hydrogens (primary N) is 1. The quantitative estimate of drug-likeness (QED) is 0.0660. The minimum Gasteiger partial charge on any atom is -0.465 e. The van der Waals surface area contributed by atoms with Gasteiger partial charge in [-0.1, -0.05) is 48.5 Å². The Balaban J connectivity index is 0.000000241. The maximum absolute atomic E-state index is 11.6. The van der Waals surface area contributed by atoms with E-state index < -0.39 is 22.7 Å². The number of rotatable bonds is 9. The molecule has 7 N–H and O–H groups in total. The number of anilines is 5. The van der Waals surface area contributed by atoms with Gasteiger partial charge in [0.25, 0.3) is 5.69 Å². The summed E-state index contributed by atoms with van der Waals surface area (Å²) in [5.41, 5.74) is 10.8. The zero-order valence-electron chi connectivity index (χ0n) is 24.7. The molecule has 0 spiro atoms. The van der Waals surface area contributed by atoms with Crippen molar-refractivity contribution in [2.24, 2.45) is 0 Å². The number of alkyl carbamates (subject to hydrolysis) is 1. The number of hydrogen-bond acceptors (Lipinski definition) is 8. The van der Waals surface area contributed by atoms with E-state index in [1.165, 1.54) is 6.07 Å². The van der Waals surface area contributed by atoms with Crippen LogP contribution in [0.1, 0.15) is 31.9 Å². The molecule has 0 fully saturated rings. The van der Waals surface area contributed by atoms with E-state index in [2.05, 4.69) is 21.3 Å². The van der Waals surface area contributed by atoms with Crippen molar-refractivity contribution < 1.29 is 24.4 Å². The lowest BCUT2D eigenvalue weighted by atomic mass is 10.2. The fourth-order valence-electron chi connectivity index (χ4n) is 3.74. The molecule has 12 nitrogen and oxygen atoms in total. The van der Waals surface area contributed by atoms with E-state index in [1.54, 1.807) is 42.5 Å². The molecule has 0 atom stereocenters. The maximum atomic E-state index is 11.6. The summed E-state index contributed by atoms with van der Waals surface area (Å²) in [6.45, 7) is 6.14. The molecule has 0 radical (unpaired) electrons. The van der Waals surface area contributed by atoms with E-state index in [0.717, 1.165) is 22.5 Å². The van der Waals surface area contributed by atoms with Crippen LogP contribution in [-0.4, -0.2) is 27.8 Å². The second-order valence-electron chi connectivity index (χ2n) is 10.5. The molecule has 4 aromatic carbocycles. The van der Waals surface area contributed by atoms with Crippen molar-refractivity contribution in [1.29, 1.82) is 0 Å². The highest BCUT2D eigenvalue weighted by atomic mass is 16.6. The highest BCUT2D eigenvalue weighted by Gasteiger charge is 2.15. The zero-order chi connectivity index (χ0) is 32.1. The van der Waals surface area contributed by atoms with Crippen LogP contribution in [0.15, 0.2) is 97.1 Å². The molecule has 0 aromatic heterocycles. The van der Waals surface area contributed by atoms with Gasteiger partial charge in [-0.15, -0.1) is 0 Å². The average Bonchev–Trinajstić information content (AvgIpc) is 2.97. The monoisotopic (exact) mass is 600 g/mol. The number of nitrogen functional groups attached to an aromatic ring is 1. The van der Waals surface area contributed by atoms with E-state index in [9.17, 15) is 19.7 Å². The van der Waals surface area contributed by atoms with Crippen LogP contribution in [-0.2, 0) is 17.8 Å². The lowest BCUT2D eigenvalue weighted by Gasteiger charge is -2.19. The van der Waals surface area contributed by atoms with Gasteiger partial charge in [-0.2, -0.15) is 0 Å². The molecule has 0 unspecified atom stereocenters. The maximum Gasteiger partial charge on any atom is 0.407 e. The van der Waals surface area contributed by atoms with Crippen LogP contribution in [0.25, 0.3) is 0 Å². The average molecular weight is 601 g/mol. The standard InChI is InChI=1S/C18H23N3O2.C14H13N3O4/c1-18(2,3)23-17(22)20-12-13-8-10-14(11-9-13)21-16-7-5-4-6-15(16)19;18-14(19)15-9-10-5-7-11(8-6-10)16-12-3-1-2-4-13(12)17(20)21/h4-11,21H,12,19H2,1-3H3,(H,20,22);1-8,15-16H,9H2,(H,18,19). The van der Waals surface area contributed by atoms with Crippen molar-refractivity contribution in [1.82, 2.24) is 10.6 Å². The predicted molar refractivity (Wildman–Crippen MR) is 171 cm³/mol. The van der Waals surface area contributed by atoms with E-state index in [4.69, 9.17) is 15.6 Å². The second-order valence-corrected chi connectivity index (χ2v) is 10.5. The van der Waals surface area contributed by atoms with Gasteiger partial charge < -0.3 is 36.8 Å². The molecule has 0 aliphatic rings. The first-order chi connectivity index (χ1) is 20.9. The van der Waals surface area contributed by atoms with Gasteiger partial charge in [-0.3, -0.25) is 10.1 Å². The third-order valence-corrected chi connectivity index (χ3v) is 5.81. The Kier molecular flexibility index (Phi) is 11.5. The summed E-state index contributed by atoms with van der Waals surface area (Å²) in [5.74, 6) is 0. The molecule has 4 rings (SSSR count). The Morgan fingerprint density at radius 2 is 1.25 bits per heavy atom. The number of benzene rings is 4. The topological polar surface area (TPSA) is 181 Å². The summed E-state index contributed by atoms with van der Waals surface area (Å²) in [6, 6.07) is 28.7. The van der Waals surface area contributed by atoms with Crippen LogP contribution in [0.4, 0.5) is 43.7 Å². The fraction of sp³-hybridized carbons (Fsp3) is 0.188. The highest BCUT2D eigenvalue weighted by Crippen LogP contribution is 2.27. The van der Waals surface area contributed by atoms with Crippen molar-refractivity contribution in [2.45, 2.75) is 39.5 Å². The van der Waals surface area contributed by atoms with Crippen LogP contribution in [0.5, 0.6) is 0 Å². The number of carbonyl (C=O) groups excluding carboxylic acids is 1. The van der Waals surface area contributed by atoms with Crippen LogP contribution in [0.3, 0.4) is 0 Å². The summed E-state index contributed by atoms with van der Waals surface area (Å²) in [5, 5.41) is 30.7. The number of nitro groups is 1. The minimum absolute atomic E-state index is 0.00544. The van der Waals surface area contributed by atoms with Crippen LogP contribution >= 0.6 is 0 Å². The number of nitrogens with zero attached hydrogens (tertiary/aromatic N) is 1. The summed E-state index contributed by atoms with van der Waals surface area (Å²) in [4.78, 5) is 32.5. The van der Waals surface area contributed by atoms with Crippen molar-refractivity contribution in [3.05, 3.63) is 118 Å². The largest absolute Gasteiger partial charge is 0.465 e. The fourth-order valence-corrected chi connectivity index (χ4v) is 3.74. The van der Waals surface area contributed by atoms with Gasteiger partial charge in [0.05, 0.1) is 16.3 Å². The summed E-state index contributed by atoms with van der Waals surface area (Å²) in [7, 11) is 0. The lowest BCUT2D eigenvalue weighted by molar-refractivity contribution is -0.383. The summed E-state index contributed by atoms with van der Waals surface area (Å²) >= 11 is 0. The molecular weight excluding hydrogens is 564 g/mol. The Hall–Kier alpha value is -5.78. The lowest BCUT2D eigenvalue weighted by Crippen LogP contribution is -2.32. The first-order valence-electron chi connectivity index (χ1n) is 13.6. The highest BCUT2D eigenvalue weighted by molar-refractivity contribution is 5.73. The first kappa shape index (κ1) is 32.7. The van der Waals surface area contributed by atoms with Gasteiger partial charge >= 0.3 is 12.2 Å². The summed E-state index contributed by atoms with van der Waals surface area (Å²) < 4.78 is 5.20. The van der Waals surface area contributed by atoms with Gasteiger partial charge in [-0.05, 0) is 74.4 Å². The number of carbonyl (C=O) groups is 2. The zero-order valence-corrected chi connectivity index (χ0v) is 24.7. The van der Waals surface area contributed by atoms with Crippen LogP contribution in [0.2, 0.25) is 0 Å². The minimum atomic E-state index is -1.09. The number of ether oxygens (including phenoxy) is 1. The Morgan fingerprint density at radius 3 is 1.75 bits per heavy atom.